The molecule has 6 aromatic carbocycles. The van der Waals surface area contributed by atoms with Gasteiger partial charge < -0.3 is 0 Å². The number of rotatable bonds is 19. The lowest BCUT2D eigenvalue weighted by Gasteiger charge is -2.34. The molecule has 0 amide bonds. The Kier molecular flexibility index (Phi) is 14.5. The smallest absolute Gasteiger partial charge is 0.0133 e. The summed E-state index contributed by atoms with van der Waals surface area (Å²) in [5.74, 6) is 3.94. The molecule has 0 N–H and O–H groups in total. The quantitative estimate of drug-likeness (QED) is 0.0785. The summed E-state index contributed by atoms with van der Waals surface area (Å²) in [6, 6.07) is 68.4. The maximum atomic E-state index is 2.41. The third kappa shape index (κ3) is 11.2. The fraction of sp³-hybridized carbons (Fsp3) is 0.333. The molecule has 0 heteroatoms. The Hall–Kier alpha value is -4.68. The van der Waals surface area contributed by atoms with Crippen LogP contribution >= 0.6 is 0 Å². The maximum Gasteiger partial charge on any atom is -0.0133 e. The Morgan fingerprint density at radius 2 is 0.481 bits per heavy atom. The monoisotopic (exact) mass is 710 g/mol. The molecule has 0 bridgehead atoms. The van der Waals surface area contributed by atoms with Crippen molar-refractivity contribution in [3.05, 3.63) is 215 Å². The third-order valence-electron chi connectivity index (χ3n) is 12.0. The fourth-order valence-corrected chi connectivity index (χ4v) is 9.21. The van der Waals surface area contributed by atoms with E-state index in [0.717, 1.165) is 32.1 Å². The standard InChI is InChI=1S/C54H62/c1-41(2)35-49(43-23-11-5-12-24-43)36-50(44-25-13-6-14-26-44)37-51(45-27-15-7-16-28-45)38-52(46-29-17-8-18-30-46)39-53(47-31-19-9-20-32-47)40-54(42(3)4)48-33-21-10-22-34-48/h5-34,41-42,49-54H,35-40H2,1-4H3. The van der Waals surface area contributed by atoms with Crippen LogP contribution in [0.3, 0.4) is 0 Å². The van der Waals surface area contributed by atoms with Crippen LogP contribution in [-0.4, -0.2) is 0 Å². The van der Waals surface area contributed by atoms with E-state index in [-0.39, 0.29) is 0 Å². The first-order chi connectivity index (χ1) is 26.4. The summed E-state index contributed by atoms with van der Waals surface area (Å²) in [4.78, 5) is 0. The van der Waals surface area contributed by atoms with Gasteiger partial charge >= 0.3 is 0 Å². The van der Waals surface area contributed by atoms with E-state index in [0.29, 0.717) is 47.3 Å². The fourth-order valence-electron chi connectivity index (χ4n) is 9.21. The highest BCUT2D eigenvalue weighted by Gasteiger charge is 2.30. The molecule has 0 radical (unpaired) electrons. The second-order valence-electron chi connectivity index (χ2n) is 16.6. The summed E-state index contributed by atoms with van der Waals surface area (Å²) in [6.07, 6.45) is 6.89. The molecule has 278 valence electrons. The Morgan fingerprint density at radius 1 is 0.259 bits per heavy atom. The molecule has 0 aliphatic rings. The summed E-state index contributed by atoms with van der Waals surface area (Å²) < 4.78 is 0. The minimum atomic E-state index is 0.419. The molecular weight excluding hydrogens is 649 g/mol. The average molecular weight is 711 g/mol. The number of benzene rings is 6. The first kappa shape index (κ1) is 39.0. The van der Waals surface area contributed by atoms with Crippen molar-refractivity contribution < 1.29 is 0 Å². The van der Waals surface area contributed by atoms with Gasteiger partial charge in [0.05, 0.1) is 0 Å². The van der Waals surface area contributed by atoms with Crippen LogP contribution in [0, 0.1) is 11.8 Å². The highest BCUT2D eigenvalue weighted by Crippen LogP contribution is 2.46. The second-order valence-corrected chi connectivity index (χ2v) is 16.6. The molecule has 6 atom stereocenters. The minimum Gasteiger partial charge on any atom is -0.0628 e. The topological polar surface area (TPSA) is 0 Å². The van der Waals surface area contributed by atoms with E-state index in [4.69, 9.17) is 0 Å². The van der Waals surface area contributed by atoms with Crippen LogP contribution in [0.1, 0.15) is 135 Å². The van der Waals surface area contributed by atoms with Crippen LogP contribution in [0.5, 0.6) is 0 Å². The summed E-state index contributed by atoms with van der Waals surface area (Å²) in [6.45, 7) is 9.59. The largest absolute Gasteiger partial charge is 0.0628 e. The van der Waals surface area contributed by atoms with Crippen LogP contribution in [-0.2, 0) is 0 Å². The first-order valence-corrected chi connectivity index (χ1v) is 20.7. The van der Waals surface area contributed by atoms with Gasteiger partial charge in [-0.15, -0.1) is 0 Å². The summed E-state index contributed by atoms with van der Waals surface area (Å²) >= 11 is 0. The van der Waals surface area contributed by atoms with Crippen LogP contribution < -0.4 is 0 Å². The lowest BCUT2D eigenvalue weighted by molar-refractivity contribution is 0.364. The molecule has 0 fully saturated rings. The maximum absolute atomic E-state index is 2.41. The van der Waals surface area contributed by atoms with Gasteiger partial charge in [-0.05, 0) is 119 Å². The molecule has 0 aliphatic carbocycles. The van der Waals surface area contributed by atoms with Crippen molar-refractivity contribution in [1.29, 1.82) is 0 Å². The highest BCUT2D eigenvalue weighted by molar-refractivity contribution is 5.30. The lowest BCUT2D eigenvalue weighted by atomic mass is 9.71. The zero-order chi connectivity index (χ0) is 37.5. The van der Waals surface area contributed by atoms with E-state index in [2.05, 4.69) is 210 Å². The SMILES string of the molecule is CC(C)CC(CC(CC(CC(CC(CC(c1ccccc1)C(C)C)c1ccccc1)c1ccccc1)c1ccccc1)c1ccccc1)c1ccccc1. The average Bonchev–Trinajstić information content (AvgIpc) is 3.22. The van der Waals surface area contributed by atoms with Crippen molar-refractivity contribution in [1.82, 2.24) is 0 Å². The zero-order valence-corrected chi connectivity index (χ0v) is 33.2. The van der Waals surface area contributed by atoms with Crippen LogP contribution in [0.25, 0.3) is 0 Å². The lowest BCUT2D eigenvalue weighted by Crippen LogP contribution is -2.18. The van der Waals surface area contributed by atoms with E-state index in [9.17, 15) is 0 Å². The van der Waals surface area contributed by atoms with Crippen molar-refractivity contribution >= 4 is 0 Å². The predicted molar refractivity (Wildman–Crippen MR) is 232 cm³/mol. The van der Waals surface area contributed by atoms with Crippen molar-refractivity contribution in [2.75, 3.05) is 0 Å². The highest BCUT2D eigenvalue weighted by atomic mass is 14.3. The number of hydrogen-bond acceptors (Lipinski definition) is 0. The van der Waals surface area contributed by atoms with Gasteiger partial charge in [0, 0.05) is 0 Å². The Morgan fingerprint density at radius 3 is 0.722 bits per heavy atom. The predicted octanol–water partition coefficient (Wildman–Crippen LogP) is 15.3. The van der Waals surface area contributed by atoms with Gasteiger partial charge in [-0.2, -0.15) is 0 Å². The molecule has 6 rings (SSSR count). The van der Waals surface area contributed by atoms with Crippen molar-refractivity contribution in [3.63, 3.8) is 0 Å². The van der Waals surface area contributed by atoms with E-state index < -0.39 is 0 Å². The summed E-state index contributed by atoms with van der Waals surface area (Å²) in [7, 11) is 0. The molecule has 0 aliphatic heterocycles. The molecule has 6 aromatic rings. The third-order valence-corrected chi connectivity index (χ3v) is 12.0. The van der Waals surface area contributed by atoms with Crippen molar-refractivity contribution in [2.24, 2.45) is 11.8 Å². The van der Waals surface area contributed by atoms with Gasteiger partial charge in [-0.3, -0.25) is 0 Å². The van der Waals surface area contributed by atoms with Gasteiger partial charge in [-0.25, -0.2) is 0 Å². The molecule has 6 unspecified atom stereocenters. The first-order valence-electron chi connectivity index (χ1n) is 20.7. The Bertz CT molecular complexity index is 1860. The minimum absolute atomic E-state index is 0.419. The van der Waals surface area contributed by atoms with Gasteiger partial charge in [0.15, 0.2) is 0 Å². The number of hydrogen-bond donors (Lipinski definition) is 0. The van der Waals surface area contributed by atoms with E-state index in [1.54, 1.807) is 0 Å². The summed E-state index contributed by atoms with van der Waals surface area (Å²) in [5.41, 5.74) is 8.83. The van der Waals surface area contributed by atoms with Gasteiger partial charge in [0.25, 0.3) is 0 Å². The molecule has 0 spiro atoms. The molecule has 0 saturated heterocycles. The van der Waals surface area contributed by atoms with Crippen LogP contribution in [0.4, 0.5) is 0 Å². The normalized spacial score (nSPS) is 15.0. The van der Waals surface area contributed by atoms with Gasteiger partial charge in [0.2, 0.25) is 0 Å². The van der Waals surface area contributed by atoms with Gasteiger partial charge in [0.1, 0.15) is 0 Å². The summed E-state index contributed by atoms with van der Waals surface area (Å²) in [5, 5.41) is 0. The van der Waals surface area contributed by atoms with Gasteiger partial charge in [-0.1, -0.05) is 210 Å². The zero-order valence-electron chi connectivity index (χ0n) is 33.2. The molecule has 0 saturated carbocycles. The van der Waals surface area contributed by atoms with Crippen LogP contribution in [0.15, 0.2) is 182 Å². The van der Waals surface area contributed by atoms with Crippen LogP contribution in [0.2, 0.25) is 0 Å². The Balaban J connectivity index is 1.38. The Labute approximate surface area is 327 Å². The van der Waals surface area contributed by atoms with E-state index in [1.807, 2.05) is 0 Å². The van der Waals surface area contributed by atoms with E-state index in [1.165, 1.54) is 39.8 Å². The van der Waals surface area contributed by atoms with Crippen molar-refractivity contribution in [2.45, 2.75) is 102 Å². The molecule has 54 heavy (non-hydrogen) atoms. The molecule has 0 nitrogen and oxygen atoms in total. The molecule has 0 aromatic heterocycles. The van der Waals surface area contributed by atoms with E-state index >= 15 is 0 Å². The molecular formula is C54H62. The van der Waals surface area contributed by atoms with Crippen molar-refractivity contribution in [3.8, 4) is 0 Å². The second kappa shape index (κ2) is 20.1. The molecule has 0 heterocycles.